The van der Waals surface area contributed by atoms with Crippen molar-refractivity contribution in [2.75, 3.05) is 7.05 Å². The Balaban J connectivity index is 1.72. The highest BCUT2D eigenvalue weighted by Crippen LogP contribution is 2.41. The largest absolute Gasteiger partial charge is 0.317 e. The van der Waals surface area contributed by atoms with E-state index in [4.69, 9.17) is 0 Å². The maximum absolute atomic E-state index is 3.55. The van der Waals surface area contributed by atoms with Gasteiger partial charge in [0.25, 0.3) is 0 Å². The van der Waals surface area contributed by atoms with Gasteiger partial charge in [-0.1, -0.05) is 20.3 Å². The lowest BCUT2D eigenvalue weighted by Gasteiger charge is -2.54. The molecule has 3 fully saturated rings. The normalized spacial score (nSPS) is 48.2. The number of nitrogens with one attached hydrogen (secondary N) is 1. The van der Waals surface area contributed by atoms with Crippen LogP contribution < -0.4 is 5.32 Å². The third-order valence-corrected chi connectivity index (χ3v) is 6.01. The predicted molar refractivity (Wildman–Crippen MR) is 81.3 cm³/mol. The van der Waals surface area contributed by atoms with Gasteiger partial charge in [-0.15, -0.1) is 0 Å². The summed E-state index contributed by atoms with van der Waals surface area (Å²) in [5.74, 6) is 1.88. The van der Waals surface area contributed by atoms with Gasteiger partial charge >= 0.3 is 0 Å². The summed E-state index contributed by atoms with van der Waals surface area (Å²) in [6.07, 6.45) is 11.5. The van der Waals surface area contributed by atoms with E-state index in [1.54, 1.807) is 0 Å². The van der Waals surface area contributed by atoms with Crippen LogP contribution in [-0.4, -0.2) is 36.1 Å². The maximum Gasteiger partial charge on any atom is 0.0116 e. The van der Waals surface area contributed by atoms with Crippen molar-refractivity contribution in [2.45, 2.75) is 89.4 Å². The molecule has 0 aromatic carbocycles. The van der Waals surface area contributed by atoms with Crippen molar-refractivity contribution in [1.82, 2.24) is 10.2 Å². The first-order chi connectivity index (χ1) is 9.17. The average molecular weight is 264 g/mol. The molecule has 4 atom stereocenters. The fourth-order valence-electron chi connectivity index (χ4n) is 5.40. The Morgan fingerprint density at radius 2 is 1.37 bits per heavy atom. The molecular formula is C17H32N2. The van der Waals surface area contributed by atoms with Crippen LogP contribution in [-0.2, 0) is 0 Å². The zero-order chi connectivity index (χ0) is 13.4. The molecule has 2 heterocycles. The summed E-state index contributed by atoms with van der Waals surface area (Å²) in [5, 5.41) is 3.55. The van der Waals surface area contributed by atoms with Crippen molar-refractivity contribution in [3.8, 4) is 0 Å². The van der Waals surface area contributed by atoms with E-state index in [0.717, 1.165) is 36.0 Å². The van der Waals surface area contributed by atoms with Crippen LogP contribution in [0, 0.1) is 11.8 Å². The molecule has 110 valence electrons. The predicted octanol–water partition coefficient (Wildman–Crippen LogP) is 3.42. The van der Waals surface area contributed by atoms with E-state index in [1.807, 2.05) is 0 Å². The van der Waals surface area contributed by atoms with E-state index in [1.165, 1.54) is 51.4 Å². The van der Waals surface area contributed by atoms with Gasteiger partial charge in [0.05, 0.1) is 0 Å². The lowest BCUT2D eigenvalue weighted by atomic mass is 9.74. The van der Waals surface area contributed by atoms with Gasteiger partial charge in [-0.05, 0) is 63.8 Å². The van der Waals surface area contributed by atoms with Crippen LogP contribution in [0.25, 0.3) is 0 Å². The lowest BCUT2D eigenvalue weighted by molar-refractivity contribution is -0.0340. The van der Waals surface area contributed by atoms with Crippen LogP contribution in [0.2, 0.25) is 0 Å². The van der Waals surface area contributed by atoms with Crippen molar-refractivity contribution in [3.05, 3.63) is 0 Å². The summed E-state index contributed by atoms with van der Waals surface area (Å²) in [7, 11) is 2.15. The molecule has 0 radical (unpaired) electrons. The van der Waals surface area contributed by atoms with Crippen molar-refractivity contribution < 1.29 is 0 Å². The molecule has 2 nitrogen and oxygen atoms in total. The van der Waals surface area contributed by atoms with Crippen molar-refractivity contribution in [2.24, 2.45) is 11.8 Å². The van der Waals surface area contributed by atoms with Gasteiger partial charge < -0.3 is 5.32 Å². The Bertz CT molecular complexity index is 280. The molecule has 4 unspecified atom stereocenters. The summed E-state index contributed by atoms with van der Waals surface area (Å²) in [6, 6.07) is 3.44. The molecule has 1 aliphatic carbocycles. The molecular weight excluding hydrogens is 232 g/mol. The van der Waals surface area contributed by atoms with Crippen LogP contribution in [0.4, 0.5) is 0 Å². The zero-order valence-electron chi connectivity index (χ0n) is 13.1. The minimum Gasteiger partial charge on any atom is -0.317 e. The Labute approximate surface area is 119 Å². The summed E-state index contributed by atoms with van der Waals surface area (Å²) < 4.78 is 0. The summed E-state index contributed by atoms with van der Waals surface area (Å²) >= 11 is 0. The van der Waals surface area contributed by atoms with Crippen molar-refractivity contribution in [3.63, 3.8) is 0 Å². The van der Waals surface area contributed by atoms with Gasteiger partial charge in [0.1, 0.15) is 0 Å². The van der Waals surface area contributed by atoms with Crippen LogP contribution in [0.3, 0.4) is 0 Å². The van der Waals surface area contributed by atoms with Gasteiger partial charge in [0.2, 0.25) is 0 Å². The van der Waals surface area contributed by atoms with E-state index in [2.05, 4.69) is 31.1 Å². The maximum atomic E-state index is 3.55. The second kappa shape index (κ2) is 5.73. The molecule has 0 amide bonds. The number of piperidine rings is 2. The zero-order valence-corrected chi connectivity index (χ0v) is 13.1. The molecule has 3 rings (SSSR count). The van der Waals surface area contributed by atoms with Gasteiger partial charge in [0, 0.05) is 24.2 Å². The fourth-order valence-corrected chi connectivity index (χ4v) is 5.40. The third-order valence-electron chi connectivity index (χ3n) is 6.01. The first-order valence-corrected chi connectivity index (χ1v) is 8.62. The first-order valence-electron chi connectivity index (χ1n) is 8.62. The highest BCUT2D eigenvalue weighted by atomic mass is 15.2. The Morgan fingerprint density at radius 1 is 0.789 bits per heavy atom. The van der Waals surface area contributed by atoms with E-state index in [9.17, 15) is 0 Å². The smallest absolute Gasteiger partial charge is 0.0116 e. The number of nitrogens with zero attached hydrogens (tertiary/aromatic N) is 1. The minimum atomic E-state index is 0.782. The minimum absolute atomic E-state index is 0.782. The van der Waals surface area contributed by atoms with Crippen LogP contribution >= 0.6 is 0 Å². The van der Waals surface area contributed by atoms with Gasteiger partial charge in [-0.25, -0.2) is 0 Å². The Hall–Kier alpha value is -0.0800. The second-order valence-corrected chi connectivity index (χ2v) is 7.71. The Morgan fingerprint density at radius 3 is 1.89 bits per heavy atom. The van der Waals surface area contributed by atoms with E-state index >= 15 is 0 Å². The summed E-state index contributed by atoms with van der Waals surface area (Å²) in [4.78, 5) is 2.99. The van der Waals surface area contributed by atoms with Crippen molar-refractivity contribution >= 4 is 0 Å². The molecule has 0 spiro atoms. The molecule has 2 aliphatic heterocycles. The second-order valence-electron chi connectivity index (χ2n) is 7.71. The molecule has 3 aliphatic rings. The van der Waals surface area contributed by atoms with Crippen molar-refractivity contribution in [1.29, 1.82) is 0 Å². The summed E-state index contributed by atoms with van der Waals surface area (Å²) in [6.45, 7) is 4.94. The number of hydrogen-bond donors (Lipinski definition) is 1. The van der Waals surface area contributed by atoms with Gasteiger partial charge in [-0.3, -0.25) is 4.90 Å². The SMILES string of the molecule is CNC1CC2CCCC(C1)N2C1CC(C)CC(C)C1. The van der Waals surface area contributed by atoms with E-state index in [0.29, 0.717) is 0 Å². The molecule has 2 heteroatoms. The monoisotopic (exact) mass is 264 g/mol. The van der Waals surface area contributed by atoms with E-state index < -0.39 is 0 Å². The quantitative estimate of drug-likeness (QED) is 0.822. The molecule has 19 heavy (non-hydrogen) atoms. The number of fused-ring (bicyclic) bond motifs is 2. The lowest BCUT2D eigenvalue weighted by Crippen LogP contribution is -2.60. The van der Waals surface area contributed by atoms with Gasteiger partial charge in [0.15, 0.2) is 0 Å². The number of hydrogen-bond acceptors (Lipinski definition) is 2. The fraction of sp³-hybridized carbons (Fsp3) is 1.00. The van der Waals surface area contributed by atoms with Gasteiger partial charge in [-0.2, -0.15) is 0 Å². The molecule has 2 bridgehead atoms. The first kappa shape index (κ1) is 13.9. The third kappa shape index (κ3) is 2.85. The molecule has 0 aromatic rings. The molecule has 2 saturated heterocycles. The average Bonchev–Trinajstić information content (AvgIpc) is 2.35. The Kier molecular flexibility index (Phi) is 4.19. The van der Waals surface area contributed by atoms with Crippen LogP contribution in [0.1, 0.15) is 65.2 Å². The highest BCUT2D eigenvalue weighted by molar-refractivity contribution is 4.98. The molecule has 1 N–H and O–H groups in total. The summed E-state index contributed by atoms with van der Waals surface area (Å²) in [5.41, 5.74) is 0. The topological polar surface area (TPSA) is 15.3 Å². The number of rotatable bonds is 2. The molecule has 1 saturated carbocycles. The van der Waals surface area contributed by atoms with E-state index in [-0.39, 0.29) is 0 Å². The highest BCUT2D eigenvalue weighted by Gasteiger charge is 2.42. The van der Waals surface area contributed by atoms with Crippen LogP contribution in [0.5, 0.6) is 0 Å². The van der Waals surface area contributed by atoms with Crippen LogP contribution in [0.15, 0.2) is 0 Å². The standard InChI is InChI=1S/C17H32N2/c1-12-7-13(2)9-17(8-12)19-15-5-4-6-16(19)11-14(10-15)18-3/h12-18H,4-11H2,1-3H3. The molecule has 0 aromatic heterocycles.